The van der Waals surface area contributed by atoms with Crippen molar-refractivity contribution in [3.05, 3.63) is 71.8 Å². The summed E-state index contributed by atoms with van der Waals surface area (Å²) < 4.78 is 0. The van der Waals surface area contributed by atoms with Crippen molar-refractivity contribution in [2.45, 2.75) is 20.0 Å². The molecule has 0 aliphatic rings. The van der Waals surface area contributed by atoms with Crippen LogP contribution in [-0.2, 0) is 22.7 Å². The van der Waals surface area contributed by atoms with E-state index in [1.807, 2.05) is 67.6 Å². The van der Waals surface area contributed by atoms with Gasteiger partial charge < -0.3 is 0 Å². The van der Waals surface area contributed by atoms with Crippen molar-refractivity contribution in [3.63, 3.8) is 0 Å². The van der Waals surface area contributed by atoms with Crippen LogP contribution in [0.25, 0.3) is 0 Å². The first-order chi connectivity index (χ1) is 9.75. The molecule has 0 aliphatic carbocycles. The molecule has 112 valence electrons. The van der Waals surface area contributed by atoms with Gasteiger partial charge >= 0.3 is 0 Å². The highest BCUT2D eigenvalue weighted by molar-refractivity contribution is 7.59. The SMILES string of the molecule is CC(Cc1ccccc1)C(=O)NOCc1ccccc1.S. The first-order valence-electron chi connectivity index (χ1n) is 6.75. The molecule has 0 radical (unpaired) electrons. The molecule has 2 rings (SSSR count). The van der Waals surface area contributed by atoms with Gasteiger partial charge in [-0.25, -0.2) is 5.48 Å². The average Bonchev–Trinajstić information content (AvgIpc) is 2.49. The van der Waals surface area contributed by atoms with Gasteiger partial charge in [0.1, 0.15) is 0 Å². The molecule has 0 aromatic heterocycles. The maximum Gasteiger partial charge on any atom is 0.246 e. The Bertz CT molecular complexity index is 531. The molecular formula is C17H21NO2S. The van der Waals surface area contributed by atoms with E-state index in [1.165, 1.54) is 0 Å². The molecule has 0 saturated heterocycles. The Morgan fingerprint density at radius 3 is 2.10 bits per heavy atom. The van der Waals surface area contributed by atoms with Crippen LogP contribution < -0.4 is 5.48 Å². The molecule has 0 spiro atoms. The van der Waals surface area contributed by atoms with Crippen LogP contribution in [0.15, 0.2) is 60.7 Å². The van der Waals surface area contributed by atoms with Crippen molar-refractivity contribution >= 4 is 19.4 Å². The molecule has 1 atom stereocenters. The molecule has 1 N–H and O–H groups in total. The lowest BCUT2D eigenvalue weighted by atomic mass is 10.0. The summed E-state index contributed by atoms with van der Waals surface area (Å²) in [5, 5.41) is 0. The lowest BCUT2D eigenvalue weighted by Crippen LogP contribution is -2.30. The number of nitrogens with one attached hydrogen (secondary N) is 1. The molecule has 0 heterocycles. The molecule has 3 nitrogen and oxygen atoms in total. The second-order valence-electron chi connectivity index (χ2n) is 4.83. The minimum absolute atomic E-state index is 0. The zero-order valence-electron chi connectivity index (χ0n) is 12.1. The number of hydrogen-bond acceptors (Lipinski definition) is 2. The van der Waals surface area contributed by atoms with E-state index in [9.17, 15) is 4.79 Å². The Labute approximate surface area is 132 Å². The molecule has 0 fully saturated rings. The van der Waals surface area contributed by atoms with Gasteiger partial charge in [0.15, 0.2) is 0 Å². The summed E-state index contributed by atoms with van der Waals surface area (Å²) in [6.07, 6.45) is 0.710. The number of hydrogen-bond donors (Lipinski definition) is 1. The van der Waals surface area contributed by atoms with E-state index < -0.39 is 0 Å². The molecule has 1 amide bonds. The summed E-state index contributed by atoms with van der Waals surface area (Å²) in [5.74, 6) is -0.210. The fourth-order valence-electron chi connectivity index (χ4n) is 1.93. The Morgan fingerprint density at radius 2 is 1.52 bits per heavy atom. The van der Waals surface area contributed by atoms with Crippen LogP contribution >= 0.6 is 13.5 Å². The van der Waals surface area contributed by atoms with Crippen LogP contribution in [0.1, 0.15) is 18.1 Å². The smallest absolute Gasteiger partial charge is 0.246 e. The van der Waals surface area contributed by atoms with Crippen LogP contribution in [0.5, 0.6) is 0 Å². The zero-order chi connectivity index (χ0) is 14.2. The van der Waals surface area contributed by atoms with Crippen molar-refractivity contribution < 1.29 is 9.63 Å². The second kappa shape index (κ2) is 9.21. The molecule has 2 aromatic carbocycles. The highest BCUT2D eigenvalue weighted by Gasteiger charge is 2.13. The molecule has 0 saturated carbocycles. The van der Waals surface area contributed by atoms with Gasteiger partial charge in [0, 0.05) is 5.92 Å². The lowest BCUT2D eigenvalue weighted by molar-refractivity contribution is -0.138. The van der Waals surface area contributed by atoms with E-state index in [-0.39, 0.29) is 25.3 Å². The zero-order valence-corrected chi connectivity index (χ0v) is 13.1. The number of rotatable bonds is 6. The second-order valence-corrected chi connectivity index (χ2v) is 4.83. The van der Waals surface area contributed by atoms with E-state index in [4.69, 9.17) is 4.84 Å². The highest BCUT2D eigenvalue weighted by Crippen LogP contribution is 2.08. The minimum atomic E-state index is -0.117. The Morgan fingerprint density at radius 1 is 1.00 bits per heavy atom. The largest absolute Gasteiger partial charge is 0.272 e. The average molecular weight is 303 g/mol. The number of hydroxylamine groups is 1. The summed E-state index contributed by atoms with van der Waals surface area (Å²) in [4.78, 5) is 17.1. The van der Waals surface area contributed by atoms with E-state index in [0.29, 0.717) is 13.0 Å². The van der Waals surface area contributed by atoms with Gasteiger partial charge in [0.25, 0.3) is 0 Å². The van der Waals surface area contributed by atoms with Gasteiger partial charge in [-0.3, -0.25) is 9.63 Å². The summed E-state index contributed by atoms with van der Waals surface area (Å²) in [6, 6.07) is 19.7. The summed E-state index contributed by atoms with van der Waals surface area (Å²) in [6.45, 7) is 2.28. The van der Waals surface area contributed by atoms with Gasteiger partial charge in [-0.15, -0.1) is 0 Å². The summed E-state index contributed by atoms with van der Waals surface area (Å²) >= 11 is 0. The van der Waals surface area contributed by atoms with Crippen molar-refractivity contribution in [1.82, 2.24) is 5.48 Å². The van der Waals surface area contributed by atoms with Gasteiger partial charge in [-0.2, -0.15) is 13.5 Å². The van der Waals surface area contributed by atoms with Crippen LogP contribution in [0, 0.1) is 5.92 Å². The van der Waals surface area contributed by atoms with Gasteiger partial charge in [0.2, 0.25) is 5.91 Å². The Kier molecular flexibility index (Phi) is 7.58. The van der Waals surface area contributed by atoms with E-state index in [1.54, 1.807) is 0 Å². The Hall–Kier alpha value is -1.78. The summed E-state index contributed by atoms with van der Waals surface area (Å²) in [5.41, 5.74) is 4.69. The quantitative estimate of drug-likeness (QED) is 0.832. The third-order valence-electron chi connectivity index (χ3n) is 3.09. The van der Waals surface area contributed by atoms with Crippen LogP contribution in [0.3, 0.4) is 0 Å². The highest BCUT2D eigenvalue weighted by atomic mass is 32.1. The van der Waals surface area contributed by atoms with Gasteiger partial charge in [0.05, 0.1) is 6.61 Å². The van der Waals surface area contributed by atoms with E-state index in [0.717, 1.165) is 11.1 Å². The first kappa shape index (κ1) is 17.3. The predicted octanol–water partition coefficient (Wildman–Crippen LogP) is 3.23. The van der Waals surface area contributed by atoms with E-state index in [2.05, 4.69) is 5.48 Å². The maximum absolute atomic E-state index is 11.9. The van der Waals surface area contributed by atoms with Crippen LogP contribution in [-0.4, -0.2) is 5.91 Å². The van der Waals surface area contributed by atoms with Crippen molar-refractivity contribution in [2.24, 2.45) is 5.92 Å². The monoisotopic (exact) mass is 303 g/mol. The van der Waals surface area contributed by atoms with Crippen molar-refractivity contribution in [3.8, 4) is 0 Å². The third-order valence-corrected chi connectivity index (χ3v) is 3.09. The molecule has 0 bridgehead atoms. The van der Waals surface area contributed by atoms with Crippen LogP contribution in [0.2, 0.25) is 0 Å². The van der Waals surface area contributed by atoms with E-state index >= 15 is 0 Å². The molecule has 21 heavy (non-hydrogen) atoms. The van der Waals surface area contributed by atoms with Gasteiger partial charge in [-0.05, 0) is 17.5 Å². The van der Waals surface area contributed by atoms with Crippen molar-refractivity contribution in [2.75, 3.05) is 0 Å². The number of carbonyl (C=O) groups excluding carboxylic acids is 1. The first-order valence-corrected chi connectivity index (χ1v) is 6.75. The lowest BCUT2D eigenvalue weighted by Gasteiger charge is -2.12. The Balaban J connectivity index is 0.00000220. The standard InChI is InChI=1S/C17H19NO2.H2S/c1-14(12-15-8-4-2-5-9-15)17(19)18-20-13-16-10-6-3-7-11-16;/h2-11,14H,12-13H2,1H3,(H,18,19);1H2. The molecule has 1 unspecified atom stereocenters. The topological polar surface area (TPSA) is 38.3 Å². The predicted molar refractivity (Wildman–Crippen MR) is 89.1 cm³/mol. The molecular weight excluding hydrogens is 282 g/mol. The summed E-state index contributed by atoms with van der Waals surface area (Å²) in [7, 11) is 0. The fourth-order valence-corrected chi connectivity index (χ4v) is 1.93. The normalized spacial score (nSPS) is 11.3. The minimum Gasteiger partial charge on any atom is -0.272 e. The number of amides is 1. The fraction of sp³-hybridized carbons (Fsp3) is 0.235. The van der Waals surface area contributed by atoms with Crippen molar-refractivity contribution in [1.29, 1.82) is 0 Å². The number of benzene rings is 2. The van der Waals surface area contributed by atoms with Gasteiger partial charge in [-0.1, -0.05) is 67.6 Å². The number of carbonyl (C=O) groups is 1. The molecule has 2 aromatic rings. The molecule has 0 aliphatic heterocycles. The van der Waals surface area contributed by atoms with Crippen LogP contribution in [0.4, 0.5) is 0 Å². The maximum atomic E-state index is 11.9. The third kappa shape index (κ3) is 6.02. The molecule has 4 heteroatoms.